The second-order valence-corrected chi connectivity index (χ2v) is 10.1. The topological polar surface area (TPSA) is 30.2 Å². The minimum Gasteiger partial charge on any atom is -0.299 e. The molecule has 0 aliphatic heterocycles. The van der Waals surface area contributed by atoms with Crippen LogP contribution in [0.3, 0.4) is 0 Å². The Morgan fingerprint density at radius 2 is 1.55 bits per heavy atom. The Kier molecular flexibility index (Phi) is 2.91. The van der Waals surface area contributed by atoms with E-state index in [0.29, 0.717) is 0 Å². The molecule has 0 aliphatic carbocycles. The number of benzene rings is 3. The van der Waals surface area contributed by atoms with Gasteiger partial charge in [-0.3, -0.25) is 9.38 Å². The normalized spacial score (nSPS) is 12.5. The first-order valence-electron chi connectivity index (χ1n) is 10.2. The second kappa shape index (κ2) is 5.58. The Balaban J connectivity index is 1.62. The van der Waals surface area contributed by atoms with E-state index in [1.54, 1.807) is 0 Å². The van der Waals surface area contributed by atoms with E-state index in [9.17, 15) is 0 Å². The van der Waals surface area contributed by atoms with Crippen molar-refractivity contribution in [2.75, 3.05) is 0 Å². The first-order valence-corrected chi connectivity index (χ1v) is 11.8. The van der Waals surface area contributed by atoms with E-state index in [4.69, 9.17) is 0 Å². The fraction of sp³-hybridized carbons (Fsp3) is 0. The van der Waals surface area contributed by atoms with E-state index in [-0.39, 0.29) is 0 Å². The van der Waals surface area contributed by atoms with E-state index in [1.165, 1.54) is 56.6 Å². The van der Waals surface area contributed by atoms with Gasteiger partial charge >= 0.3 is 0 Å². The van der Waals surface area contributed by atoms with Crippen molar-refractivity contribution in [3.63, 3.8) is 0 Å². The van der Waals surface area contributed by atoms with Crippen LogP contribution in [0.4, 0.5) is 0 Å². The van der Waals surface area contributed by atoms with Crippen LogP contribution in [0.25, 0.3) is 67.7 Å². The molecule has 8 aromatic rings. The molecule has 0 bridgehead atoms. The summed E-state index contributed by atoms with van der Waals surface area (Å²) in [6.45, 7) is 0. The molecule has 144 valence electrons. The molecule has 3 nitrogen and oxygen atoms in total. The summed E-state index contributed by atoms with van der Waals surface area (Å²) in [5.74, 6) is 0. The number of imidazole rings is 1. The summed E-state index contributed by atoms with van der Waals surface area (Å²) in [5, 5.41) is 8.97. The molecule has 8 rings (SSSR count). The predicted octanol–water partition coefficient (Wildman–Crippen LogP) is 7.77. The summed E-state index contributed by atoms with van der Waals surface area (Å²) in [4.78, 5) is 8.99. The Hall–Kier alpha value is -3.54. The van der Waals surface area contributed by atoms with Crippen molar-refractivity contribution in [2.24, 2.45) is 0 Å². The molecular weight excluding hydrogens is 418 g/mol. The van der Waals surface area contributed by atoms with Crippen molar-refractivity contribution < 1.29 is 0 Å². The molecule has 5 heterocycles. The molecule has 0 aliphatic rings. The molecule has 0 radical (unpaired) electrons. The van der Waals surface area contributed by atoms with Crippen LogP contribution in [0.1, 0.15) is 0 Å². The highest BCUT2D eigenvalue weighted by Crippen LogP contribution is 2.45. The van der Waals surface area contributed by atoms with Crippen LogP contribution in [-0.4, -0.2) is 14.4 Å². The number of nitrogens with zero attached hydrogens (tertiary/aromatic N) is 3. The Morgan fingerprint density at radius 1 is 0.677 bits per heavy atom. The van der Waals surface area contributed by atoms with Crippen LogP contribution in [0.5, 0.6) is 0 Å². The highest BCUT2D eigenvalue weighted by Gasteiger charge is 2.16. The standard InChI is InChI=1S/C26H13N3S2/c1-2-4-21-14(3-1)17-11-23-18(12-22(17)30-21)16-5-6-20-24(25(16)31-23)15-7-8-27-13-19(15)26-28-9-10-29(20)26/h1-13H. The lowest BCUT2D eigenvalue weighted by atomic mass is 10.0. The van der Waals surface area contributed by atoms with Gasteiger partial charge in [0.05, 0.1) is 5.52 Å². The maximum atomic E-state index is 4.61. The molecule has 0 atom stereocenters. The fourth-order valence-corrected chi connectivity index (χ4v) is 7.40. The van der Waals surface area contributed by atoms with Crippen molar-refractivity contribution in [3.05, 3.63) is 79.4 Å². The minimum atomic E-state index is 0.961. The SMILES string of the molecule is c1ccc2c(c1)sc1cc3c(cc12)sc1c3ccc2c1c1ccncc1c1nccn21. The van der Waals surface area contributed by atoms with Crippen LogP contribution in [-0.2, 0) is 0 Å². The molecular formula is C26H13N3S2. The summed E-state index contributed by atoms with van der Waals surface area (Å²) in [6.07, 6.45) is 7.74. The maximum absolute atomic E-state index is 4.61. The van der Waals surface area contributed by atoms with Crippen molar-refractivity contribution in [2.45, 2.75) is 0 Å². The molecule has 0 N–H and O–H groups in total. The smallest absolute Gasteiger partial charge is 0.146 e. The quantitative estimate of drug-likeness (QED) is 0.230. The minimum absolute atomic E-state index is 0.961. The number of aromatic nitrogens is 3. The summed E-state index contributed by atoms with van der Waals surface area (Å²) < 4.78 is 7.57. The monoisotopic (exact) mass is 431 g/mol. The molecule has 0 fully saturated rings. The van der Waals surface area contributed by atoms with Crippen molar-refractivity contribution in [1.29, 1.82) is 0 Å². The van der Waals surface area contributed by atoms with Crippen LogP contribution in [0.15, 0.2) is 79.4 Å². The average Bonchev–Trinajstić information content (AvgIpc) is 3.52. The molecule has 3 aromatic carbocycles. The van der Waals surface area contributed by atoms with Gasteiger partial charge in [0.15, 0.2) is 0 Å². The molecule has 31 heavy (non-hydrogen) atoms. The number of hydrogen-bond donors (Lipinski definition) is 0. The third-order valence-corrected chi connectivity index (χ3v) is 8.67. The molecule has 0 saturated heterocycles. The van der Waals surface area contributed by atoms with Gasteiger partial charge in [-0.25, -0.2) is 4.98 Å². The average molecular weight is 432 g/mol. The van der Waals surface area contributed by atoms with Gasteiger partial charge in [-0.15, -0.1) is 22.7 Å². The Bertz CT molecular complexity index is 2010. The van der Waals surface area contributed by atoms with E-state index in [2.05, 4.69) is 69.0 Å². The van der Waals surface area contributed by atoms with Crippen LogP contribution in [0.2, 0.25) is 0 Å². The van der Waals surface area contributed by atoms with Gasteiger partial charge in [0.1, 0.15) is 5.65 Å². The number of fused-ring (bicyclic) bond motifs is 13. The van der Waals surface area contributed by atoms with E-state index in [0.717, 1.165) is 11.0 Å². The Morgan fingerprint density at radius 3 is 2.52 bits per heavy atom. The summed E-state index contributed by atoms with van der Waals surface area (Å²) in [5.41, 5.74) is 2.15. The summed E-state index contributed by atoms with van der Waals surface area (Å²) in [6, 6.07) is 20.1. The molecule has 5 aromatic heterocycles. The second-order valence-electron chi connectivity index (χ2n) is 7.92. The summed E-state index contributed by atoms with van der Waals surface area (Å²) >= 11 is 3.78. The first-order chi connectivity index (χ1) is 15.4. The van der Waals surface area contributed by atoms with Crippen molar-refractivity contribution >= 4 is 90.3 Å². The lowest BCUT2D eigenvalue weighted by Gasteiger charge is -2.08. The predicted molar refractivity (Wildman–Crippen MR) is 134 cm³/mol. The third-order valence-electron chi connectivity index (χ3n) is 6.35. The lowest BCUT2D eigenvalue weighted by molar-refractivity contribution is 1.27. The molecule has 0 unspecified atom stereocenters. The van der Waals surface area contributed by atoms with Crippen molar-refractivity contribution in [1.82, 2.24) is 14.4 Å². The third kappa shape index (κ3) is 1.98. The van der Waals surface area contributed by atoms with Gasteiger partial charge < -0.3 is 0 Å². The van der Waals surface area contributed by atoms with E-state index < -0.39 is 0 Å². The highest BCUT2D eigenvalue weighted by atomic mass is 32.1. The van der Waals surface area contributed by atoms with Crippen LogP contribution < -0.4 is 0 Å². The molecule has 0 spiro atoms. The zero-order valence-electron chi connectivity index (χ0n) is 16.2. The highest BCUT2D eigenvalue weighted by molar-refractivity contribution is 7.28. The van der Waals surface area contributed by atoms with Gasteiger partial charge in [-0.2, -0.15) is 0 Å². The largest absolute Gasteiger partial charge is 0.299 e. The number of rotatable bonds is 0. The van der Waals surface area contributed by atoms with Crippen molar-refractivity contribution in [3.8, 4) is 0 Å². The van der Waals surface area contributed by atoms with Gasteiger partial charge in [-0.05, 0) is 35.7 Å². The van der Waals surface area contributed by atoms with Crippen LogP contribution in [0, 0.1) is 0 Å². The zero-order chi connectivity index (χ0) is 20.1. The lowest BCUT2D eigenvalue weighted by Crippen LogP contribution is -1.91. The molecule has 0 saturated carbocycles. The molecule has 0 amide bonds. The number of thiophene rings is 2. The van der Waals surface area contributed by atoms with Gasteiger partial charge in [0.2, 0.25) is 0 Å². The van der Waals surface area contributed by atoms with Crippen LogP contribution >= 0.6 is 22.7 Å². The number of pyridine rings is 2. The van der Waals surface area contributed by atoms with E-state index >= 15 is 0 Å². The zero-order valence-corrected chi connectivity index (χ0v) is 17.8. The summed E-state index contributed by atoms with van der Waals surface area (Å²) in [7, 11) is 0. The molecule has 5 heteroatoms. The van der Waals surface area contributed by atoms with Gasteiger partial charge in [0.25, 0.3) is 0 Å². The van der Waals surface area contributed by atoms with Gasteiger partial charge in [0, 0.05) is 75.9 Å². The van der Waals surface area contributed by atoms with Gasteiger partial charge in [-0.1, -0.05) is 24.3 Å². The maximum Gasteiger partial charge on any atom is 0.146 e. The first kappa shape index (κ1) is 16.2. The number of hydrogen-bond acceptors (Lipinski definition) is 4. The Labute approximate surface area is 183 Å². The van der Waals surface area contributed by atoms with E-state index in [1.807, 2.05) is 47.5 Å². The fourth-order valence-electron chi connectivity index (χ4n) is 5.00.